The maximum atomic E-state index is 10.8. The third-order valence-electron chi connectivity index (χ3n) is 4.70. The van der Waals surface area contributed by atoms with Gasteiger partial charge in [0.15, 0.2) is 6.61 Å². The molecule has 0 atom stereocenters. The number of aryl methyl sites for hydroxylation is 2. The SMILES string of the molecule is CCCCc1cc(OCCc2nc(-c3ccccc3)oc2C)ccc1OCC(=O)O. The number of rotatable bonds is 11. The number of ether oxygens (including phenoxy) is 2. The topological polar surface area (TPSA) is 81.8 Å². The zero-order valence-electron chi connectivity index (χ0n) is 17.4. The Labute approximate surface area is 176 Å². The molecule has 0 unspecified atom stereocenters. The van der Waals surface area contributed by atoms with Gasteiger partial charge in [0.25, 0.3) is 0 Å². The summed E-state index contributed by atoms with van der Waals surface area (Å²) in [6.07, 6.45) is 3.47. The van der Waals surface area contributed by atoms with Crippen molar-refractivity contribution in [1.82, 2.24) is 4.98 Å². The van der Waals surface area contributed by atoms with Crippen molar-refractivity contribution in [2.45, 2.75) is 39.5 Å². The van der Waals surface area contributed by atoms with Crippen LogP contribution in [-0.4, -0.2) is 29.3 Å². The average molecular weight is 409 g/mol. The van der Waals surface area contributed by atoms with Crippen LogP contribution in [0.15, 0.2) is 52.9 Å². The van der Waals surface area contributed by atoms with Crippen LogP contribution in [0.3, 0.4) is 0 Å². The normalized spacial score (nSPS) is 10.7. The van der Waals surface area contributed by atoms with E-state index in [1.54, 1.807) is 12.1 Å². The Balaban J connectivity index is 1.62. The number of carbonyl (C=O) groups is 1. The van der Waals surface area contributed by atoms with Gasteiger partial charge in [-0.25, -0.2) is 9.78 Å². The Morgan fingerprint density at radius 2 is 1.90 bits per heavy atom. The fraction of sp³-hybridized carbons (Fsp3) is 0.333. The van der Waals surface area contributed by atoms with Gasteiger partial charge in [-0.1, -0.05) is 31.5 Å². The number of hydrogen-bond donors (Lipinski definition) is 1. The standard InChI is InChI=1S/C24H27NO5/c1-3-4-8-19-15-20(11-12-22(19)29-16-23(26)27)28-14-13-21-17(2)30-24(25-21)18-9-6-5-7-10-18/h5-7,9-12,15H,3-4,8,13-14,16H2,1-2H3,(H,26,27). The third kappa shape index (κ3) is 5.86. The smallest absolute Gasteiger partial charge is 0.341 e. The van der Waals surface area contributed by atoms with Crippen LogP contribution in [-0.2, 0) is 17.6 Å². The number of oxazole rings is 1. The molecule has 3 rings (SSSR count). The number of carboxylic acids is 1. The summed E-state index contributed by atoms with van der Waals surface area (Å²) < 4.78 is 17.1. The van der Waals surface area contributed by atoms with E-state index < -0.39 is 5.97 Å². The molecule has 0 bridgehead atoms. The molecule has 0 radical (unpaired) electrons. The van der Waals surface area contributed by atoms with Gasteiger partial charge in [-0.2, -0.15) is 0 Å². The fourth-order valence-corrected chi connectivity index (χ4v) is 3.12. The Hall–Kier alpha value is -3.28. The van der Waals surface area contributed by atoms with Crippen molar-refractivity contribution in [3.63, 3.8) is 0 Å². The molecule has 0 aliphatic rings. The first kappa shape index (κ1) is 21.4. The molecule has 6 heteroatoms. The number of aliphatic carboxylic acids is 1. The Morgan fingerprint density at radius 3 is 2.63 bits per heavy atom. The van der Waals surface area contributed by atoms with Crippen molar-refractivity contribution in [2.24, 2.45) is 0 Å². The molecule has 0 amide bonds. The lowest BCUT2D eigenvalue weighted by Gasteiger charge is -2.13. The maximum absolute atomic E-state index is 10.8. The lowest BCUT2D eigenvalue weighted by Crippen LogP contribution is -2.11. The zero-order chi connectivity index (χ0) is 21.3. The second kappa shape index (κ2) is 10.5. The van der Waals surface area contributed by atoms with Gasteiger partial charge in [0.05, 0.1) is 12.3 Å². The minimum atomic E-state index is -0.991. The molecule has 2 aromatic carbocycles. The van der Waals surface area contributed by atoms with Gasteiger partial charge in [0.2, 0.25) is 5.89 Å². The highest BCUT2D eigenvalue weighted by atomic mass is 16.5. The van der Waals surface area contributed by atoms with Gasteiger partial charge in [0.1, 0.15) is 17.3 Å². The molecule has 0 saturated carbocycles. The molecule has 0 aliphatic heterocycles. The molecular weight excluding hydrogens is 382 g/mol. The molecule has 1 aromatic heterocycles. The van der Waals surface area contributed by atoms with Crippen molar-refractivity contribution < 1.29 is 23.8 Å². The van der Waals surface area contributed by atoms with E-state index >= 15 is 0 Å². The van der Waals surface area contributed by atoms with Crippen LogP contribution in [0.1, 0.15) is 36.8 Å². The van der Waals surface area contributed by atoms with Crippen LogP contribution in [0.2, 0.25) is 0 Å². The van der Waals surface area contributed by atoms with E-state index in [0.29, 0.717) is 24.7 Å². The lowest BCUT2D eigenvalue weighted by molar-refractivity contribution is -0.139. The van der Waals surface area contributed by atoms with Gasteiger partial charge in [0, 0.05) is 12.0 Å². The van der Waals surface area contributed by atoms with E-state index in [2.05, 4.69) is 11.9 Å². The van der Waals surface area contributed by atoms with E-state index in [1.165, 1.54) is 0 Å². The van der Waals surface area contributed by atoms with Crippen molar-refractivity contribution in [2.75, 3.05) is 13.2 Å². The Morgan fingerprint density at radius 1 is 1.10 bits per heavy atom. The molecule has 0 aliphatic carbocycles. The summed E-state index contributed by atoms with van der Waals surface area (Å²) in [4.78, 5) is 15.4. The number of hydrogen-bond acceptors (Lipinski definition) is 5. The Bertz CT molecular complexity index is 965. The van der Waals surface area contributed by atoms with Crippen LogP contribution in [0, 0.1) is 6.92 Å². The summed E-state index contributed by atoms with van der Waals surface area (Å²) >= 11 is 0. The van der Waals surface area contributed by atoms with Crippen LogP contribution in [0.5, 0.6) is 11.5 Å². The highest BCUT2D eigenvalue weighted by Crippen LogP contribution is 2.27. The molecular formula is C24H27NO5. The maximum Gasteiger partial charge on any atom is 0.341 e. The molecule has 30 heavy (non-hydrogen) atoms. The van der Waals surface area contributed by atoms with Crippen molar-refractivity contribution in [1.29, 1.82) is 0 Å². The zero-order valence-corrected chi connectivity index (χ0v) is 17.4. The molecule has 1 heterocycles. The van der Waals surface area contributed by atoms with E-state index in [4.69, 9.17) is 19.0 Å². The van der Waals surface area contributed by atoms with E-state index in [1.807, 2.05) is 43.3 Å². The summed E-state index contributed by atoms with van der Waals surface area (Å²) in [6, 6.07) is 15.3. The first-order valence-corrected chi connectivity index (χ1v) is 10.2. The number of aromatic nitrogens is 1. The molecule has 6 nitrogen and oxygen atoms in total. The minimum Gasteiger partial charge on any atom is -0.493 e. The summed E-state index contributed by atoms with van der Waals surface area (Å²) in [7, 11) is 0. The van der Waals surface area contributed by atoms with E-state index in [9.17, 15) is 4.79 Å². The first-order chi connectivity index (χ1) is 14.6. The molecule has 0 fully saturated rings. The van der Waals surface area contributed by atoms with Crippen molar-refractivity contribution in [3.05, 3.63) is 65.5 Å². The van der Waals surface area contributed by atoms with Crippen molar-refractivity contribution >= 4 is 5.97 Å². The largest absolute Gasteiger partial charge is 0.493 e. The van der Waals surface area contributed by atoms with E-state index in [-0.39, 0.29) is 6.61 Å². The quantitative estimate of drug-likeness (QED) is 0.476. The highest BCUT2D eigenvalue weighted by Gasteiger charge is 2.12. The number of carboxylic acid groups (broad SMARTS) is 1. The second-order valence-corrected chi connectivity index (χ2v) is 7.04. The predicted molar refractivity (Wildman–Crippen MR) is 114 cm³/mol. The summed E-state index contributed by atoms with van der Waals surface area (Å²) in [6.45, 7) is 4.13. The van der Waals surface area contributed by atoms with Crippen LogP contribution < -0.4 is 9.47 Å². The van der Waals surface area contributed by atoms with Gasteiger partial charge in [-0.05, 0) is 55.7 Å². The van der Waals surface area contributed by atoms with Gasteiger partial charge < -0.3 is 19.0 Å². The number of unbranched alkanes of at least 4 members (excludes halogenated alkanes) is 1. The fourth-order valence-electron chi connectivity index (χ4n) is 3.12. The summed E-state index contributed by atoms with van der Waals surface area (Å²) in [5.74, 6) is 1.74. The average Bonchev–Trinajstić information content (AvgIpc) is 3.12. The van der Waals surface area contributed by atoms with E-state index in [0.717, 1.165) is 47.6 Å². The third-order valence-corrected chi connectivity index (χ3v) is 4.70. The van der Waals surface area contributed by atoms with Crippen LogP contribution in [0.4, 0.5) is 0 Å². The van der Waals surface area contributed by atoms with Crippen molar-refractivity contribution in [3.8, 4) is 23.0 Å². The minimum absolute atomic E-state index is 0.353. The molecule has 158 valence electrons. The van der Waals surface area contributed by atoms with Gasteiger partial charge >= 0.3 is 5.97 Å². The summed E-state index contributed by atoms with van der Waals surface area (Å²) in [5.41, 5.74) is 2.78. The molecule has 0 spiro atoms. The predicted octanol–water partition coefficient (Wildman–Crippen LogP) is 5.08. The molecule has 0 saturated heterocycles. The number of benzene rings is 2. The van der Waals surface area contributed by atoms with Crippen LogP contribution >= 0.6 is 0 Å². The molecule has 1 N–H and O–H groups in total. The van der Waals surface area contributed by atoms with Gasteiger partial charge in [-0.3, -0.25) is 0 Å². The Kier molecular flexibility index (Phi) is 7.49. The lowest BCUT2D eigenvalue weighted by atomic mass is 10.1. The molecule has 3 aromatic rings. The first-order valence-electron chi connectivity index (χ1n) is 10.2. The van der Waals surface area contributed by atoms with Gasteiger partial charge in [-0.15, -0.1) is 0 Å². The van der Waals surface area contributed by atoms with Crippen LogP contribution in [0.25, 0.3) is 11.5 Å². The summed E-state index contributed by atoms with van der Waals surface area (Å²) in [5, 5.41) is 8.85. The number of nitrogens with zero attached hydrogens (tertiary/aromatic N) is 1. The highest BCUT2D eigenvalue weighted by molar-refractivity contribution is 5.68. The monoisotopic (exact) mass is 409 g/mol. The second-order valence-electron chi connectivity index (χ2n) is 7.04.